The zero-order valence-corrected chi connectivity index (χ0v) is 12.0. The molecule has 6 nitrogen and oxygen atoms in total. The average molecular weight is 273 g/mol. The molecule has 0 aliphatic rings. The molecule has 2 rings (SSSR count). The monoisotopic (exact) mass is 273 g/mol. The van der Waals surface area contributed by atoms with Crippen molar-refractivity contribution >= 4 is 11.6 Å². The van der Waals surface area contributed by atoms with Crippen LogP contribution in [0.1, 0.15) is 11.4 Å². The van der Waals surface area contributed by atoms with E-state index in [2.05, 4.69) is 25.2 Å². The van der Waals surface area contributed by atoms with E-state index in [1.807, 2.05) is 32.3 Å². The normalized spacial score (nSPS) is 10.3. The van der Waals surface area contributed by atoms with Crippen LogP contribution in [0.3, 0.4) is 0 Å². The molecule has 0 saturated carbocycles. The van der Waals surface area contributed by atoms with Gasteiger partial charge < -0.3 is 15.0 Å². The van der Waals surface area contributed by atoms with E-state index in [4.69, 9.17) is 4.74 Å². The lowest BCUT2D eigenvalue weighted by atomic mass is 10.2. The highest BCUT2D eigenvalue weighted by Crippen LogP contribution is 2.17. The molecule has 0 aliphatic heterocycles. The number of methoxy groups -OCH3 is 1. The number of aromatic nitrogens is 3. The fraction of sp³-hybridized carbons (Fsp3) is 0.357. The summed E-state index contributed by atoms with van der Waals surface area (Å²) in [6.45, 7) is 1.15. The predicted octanol–water partition coefficient (Wildman–Crippen LogP) is 1.70. The lowest BCUT2D eigenvalue weighted by molar-refractivity contribution is 0.178. The molecule has 2 aromatic rings. The Morgan fingerprint density at radius 2 is 2.00 bits per heavy atom. The third-order valence-corrected chi connectivity index (χ3v) is 2.85. The van der Waals surface area contributed by atoms with Gasteiger partial charge in [-0.1, -0.05) is 0 Å². The van der Waals surface area contributed by atoms with Crippen LogP contribution in [0.2, 0.25) is 0 Å². The smallest absolute Gasteiger partial charge is 0.158 e. The molecule has 106 valence electrons. The number of ether oxygens (including phenoxy) is 1. The van der Waals surface area contributed by atoms with Crippen LogP contribution < -0.4 is 10.2 Å². The molecule has 0 unspecified atom stereocenters. The summed E-state index contributed by atoms with van der Waals surface area (Å²) in [6, 6.07) is 5.90. The lowest BCUT2D eigenvalue weighted by Crippen LogP contribution is -2.19. The Labute approximate surface area is 118 Å². The van der Waals surface area contributed by atoms with E-state index in [1.165, 1.54) is 5.56 Å². The zero-order chi connectivity index (χ0) is 14.4. The standard InChI is InChI=1S/C14H19N5O/c1-15-12-8-14(18-13(17-12)10-20-3)19(2)9-11-4-6-16-7-5-11/h4-8H,9-10H2,1-3H3,(H,15,17,18). The van der Waals surface area contributed by atoms with Gasteiger partial charge in [-0.15, -0.1) is 0 Å². The molecule has 1 N–H and O–H groups in total. The number of anilines is 2. The van der Waals surface area contributed by atoms with Crippen LogP contribution in [0.4, 0.5) is 11.6 Å². The third kappa shape index (κ3) is 3.64. The molecule has 2 heterocycles. The Morgan fingerprint density at radius 1 is 1.25 bits per heavy atom. The number of rotatable bonds is 6. The lowest BCUT2D eigenvalue weighted by Gasteiger charge is -2.19. The van der Waals surface area contributed by atoms with E-state index in [-0.39, 0.29) is 0 Å². The van der Waals surface area contributed by atoms with Crippen molar-refractivity contribution in [1.82, 2.24) is 15.0 Å². The molecule has 0 radical (unpaired) electrons. The van der Waals surface area contributed by atoms with Gasteiger partial charge in [-0.25, -0.2) is 9.97 Å². The van der Waals surface area contributed by atoms with E-state index >= 15 is 0 Å². The van der Waals surface area contributed by atoms with Crippen LogP contribution >= 0.6 is 0 Å². The van der Waals surface area contributed by atoms with Crippen molar-refractivity contribution in [1.29, 1.82) is 0 Å². The minimum Gasteiger partial charge on any atom is -0.377 e. The van der Waals surface area contributed by atoms with Crippen molar-refractivity contribution in [2.75, 3.05) is 31.4 Å². The van der Waals surface area contributed by atoms with E-state index in [9.17, 15) is 0 Å². The number of pyridine rings is 1. The minimum absolute atomic E-state index is 0.394. The summed E-state index contributed by atoms with van der Waals surface area (Å²) in [5, 5.41) is 3.04. The molecular weight excluding hydrogens is 254 g/mol. The second kappa shape index (κ2) is 6.81. The summed E-state index contributed by atoms with van der Waals surface area (Å²) >= 11 is 0. The molecule has 0 aromatic carbocycles. The first-order chi connectivity index (χ1) is 9.72. The summed E-state index contributed by atoms with van der Waals surface area (Å²) in [4.78, 5) is 14.9. The van der Waals surface area contributed by atoms with E-state index in [0.717, 1.165) is 18.2 Å². The van der Waals surface area contributed by atoms with Crippen molar-refractivity contribution < 1.29 is 4.74 Å². The van der Waals surface area contributed by atoms with Gasteiger partial charge in [0.1, 0.15) is 18.2 Å². The Hall–Kier alpha value is -2.21. The van der Waals surface area contributed by atoms with Gasteiger partial charge in [-0.05, 0) is 17.7 Å². The molecule has 2 aromatic heterocycles. The molecule has 0 bridgehead atoms. The molecule has 0 atom stereocenters. The maximum atomic E-state index is 5.10. The van der Waals surface area contributed by atoms with Crippen LogP contribution in [0.15, 0.2) is 30.6 Å². The first-order valence-electron chi connectivity index (χ1n) is 6.37. The highest BCUT2D eigenvalue weighted by Gasteiger charge is 2.08. The average Bonchev–Trinajstić information content (AvgIpc) is 2.48. The second-order valence-electron chi connectivity index (χ2n) is 4.42. The largest absolute Gasteiger partial charge is 0.377 e. The van der Waals surface area contributed by atoms with Gasteiger partial charge in [0.15, 0.2) is 5.82 Å². The SMILES string of the molecule is CNc1cc(N(C)Cc2ccncc2)nc(COC)n1. The van der Waals surface area contributed by atoms with Gasteiger partial charge in [0, 0.05) is 46.2 Å². The summed E-state index contributed by atoms with van der Waals surface area (Å²) in [5.41, 5.74) is 1.18. The quantitative estimate of drug-likeness (QED) is 0.864. The van der Waals surface area contributed by atoms with Crippen LogP contribution in [0, 0.1) is 0 Å². The number of nitrogens with zero attached hydrogens (tertiary/aromatic N) is 4. The Morgan fingerprint density at radius 3 is 2.65 bits per heavy atom. The Kier molecular flexibility index (Phi) is 4.84. The van der Waals surface area contributed by atoms with Crippen LogP contribution in [-0.2, 0) is 17.9 Å². The highest BCUT2D eigenvalue weighted by molar-refractivity contribution is 5.49. The summed E-state index contributed by atoms with van der Waals surface area (Å²) in [5.74, 6) is 2.30. The Bertz CT molecular complexity index is 547. The summed E-state index contributed by atoms with van der Waals surface area (Å²) in [7, 11) is 5.47. The molecule has 0 saturated heterocycles. The highest BCUT2D eigenvalue weighted by atomic mass is 16.5. The number of hydrogen-bond donors (Lipinski definition) is 1. The minimum atomic E-state index is 0.394. The maximum Gasteiger partial charge on any atom is 0.158 e. The third-order valence-electron chi connectivity index (χ3n) is 2.85. The van der Waals surface area contributed by atoms with E-state index < -0.39 is 0 Å². The van der Waals surface area contributed by atoms with Crippen LogP contribution in [0.5, 0.6) is 0 Å². The van der Waals surface area contributed by atoms with Gasteiger partial charge >= 0.3 is 0 Å². The molecule has 0 fully saturated rings. The molecule has 20 heavy (non-hydrogen) atoms. The van der Waals surface area contributed by atoms with Gasteiger partial charge in [0.05, 0.1) is 0 Å². The molecule has 0 amide bonds. The van der Waals surface area contributed by atoms with E-state index in [0.29, 0.717) is 12.4 Å². The zero-order valence-electron chi connectivity index (χ0n) is 12.0. The first-order valence-corrected chi connectivity index (χ1v) is 6.37. The molecule has 0 spiro atoms. The maximum absolute atomic E-state index is 5.10. The van der Waals surface area contributed by atoms with Gasteiger partial charge in [0.25, 0.3) is 0 Å². The summed E-state index contributed by atoms with van der Waals surface area (Å²) < 4.78 is 5.10. The molecule has 0 aliphatic carbocycles. The van der Waals surface area contributed by atoms with Gasteiger partial charge in [-0.2, -0.15) is 0 Å². The van der Waals surface area contributed by atoms with Crippen LogP contribution in [-0.4, -0.2) is 36.2 Å². The van der Waals surface area contributed by atoms with Crippen molar-refractivity contribution in [3.63, 3.8) is 0 Å². The first kappa shape index (κ1) is 14.2. The second-order valence-corrected chi connectivity index (χ2v) is 4.42. The summed E-state index contributed by atoms with van der Waals surface area (Å²) in [6.07, 6.45) is 3.58. The van der Waals surface area contributed by atoms with E-state index in [1.54, 1.807) is 19.5 Å². The number of nitrogens with one attached hydrogen (secondary N) is 1. The molecule has 6 heteroatoms. The van der Waals surface area contributed by atoms with Crippen molar-refractivity contribution in [2.45, 2.75) is 13.2 Å². The molecular formula is C14H19N5O. The predicted molar refractivity (Wildman–Crippen MR) is 78.6 cm³/mol. The van der Waals surface area contributed by atoms with Crippen LogP contribution in [0.25, 0.3) is 0 Å². The van der Waals surface area contributed by atoms with Crippen molar-refractivity contribution in [2.24, 2.45) is 0 Å². The van der Waals surface area contributed by atoms with Gasteiger partial charge in [-0.3, -0.25) is 4.98 Å². The number of hydrogen-bond acceptors (Lipinski definition) is 6. The van der Waals surface area contributed by atoms with Gasteiger partial charge in [0.2, 0.25) is 0 Å². The van der Waals surface area contributed by atoms with Crippen molar-refractivity contribution in [3.05, 3.63) is 42.0 Å². The Balaban J connectivity index is 2.19. The fourth-order valence-corrected chi connectivity index (χ4v) is 1.84. The topological polar surface area (TPSA) is 63.2 Å². The fourth-order valence-electron chi connectivity index (χ4n) is 1.84. The van der Waals surface area contributed by atoms with Crippen molar-refractivity contribution in [3.8, 4) is 0 Å².